The number of nitrogens with one attached hydrogen (secondary N) is 1. The minimum Gasteiger partial charge on any atom is -0.491 e. The van der Waals surface area contributed by atoms with Crippen LogP contribution in [0.4, 0.5) is 5.82 Å². The molecule has 7 nitrogen and oxygen atoms in total. The van der Waals surface area contributed by atoms with E-state index in [0.717, 1.165) is 84.6 Å². The number of hydrogen-bond acceptors (Lipinski definition) is 6. The Labute approximate surface area is 202 Å². The maximum Gasteiger partial charge on any atom is 0.177 e. The summed E-state index contributed by atoms with van der Waals surface area (Å²) >= 11 is 0. The first-order valence-electron chi connectivity index (χ1n) is 11.8. The SMILES string of the molecule is CPCc1nc(C)c(C(C)C)c(N2CCOc3ccc(-c4cnc5nc(C)[nH]c5c4)cc3C2)n1. The molecule has 4 aromatic rings. The third-order valence-corrected chi connectivity index (χ3v) is 6.87. The van der Waals surface area contributed by atoms with Crippen molar-refractivity contribution in [3.05, 3.63) is 58.9 Å². The van der Waals surface area contributed by atoms with Crippen LogP contribution in [0.5, 0.6) is 5.75 Å². The number of benzene rings is 1. The lowest BCUT2D eigenvalue weighted by atomic mass is 10.0. The number of aromatic nitrogens is 5. The number of pyridine rings is 1. The molecule has 1 unspecified atom stereocenters. The molecule has 5 rings (SSSR count). The van der Waals surface area contributed by atoms with Gasteiger partial charge in [0.05, 0.1) is 12.1 Å². The third kappa shape index (κ3) is 4.37. The predicted molar refractivity (Wildman–Crippen MR) is 139 cm³/mol. The van der Waals surface area contributed by atoms with Crippen LogP contribution < -0.4 is 9.64 Å². The van der Waals surface area contributed by atoms with Gasteiger partial charge in [0.1, 0.15) is 29.8 Å². The van der Waals surface area contributed by atoms with Gasteiger partial charge in [0.2, 0.25) is 0 Å². The number of ether oxygens (including phenoxy) is 1. The number of imidazole rings is 1. The van der Waals surface area contributed by atoms with Crippen LogP contribution in [0, 0.1) is 13.8 Å². The summed E-state index contributed by atoms with van der Waals surface area (Å²) in [5.74, 6) is 4.14. The zero-order chi connectivity index (χ0) is 23.8. The highest BCUT2D eigenvalue weighted by Crippen LogP contribution is 2.34. The van der Waals surface area contributed by atoms with E-state index < -0.39 is 0 Å². The molecule has 1 atom stereocenters. The van der Waals surface area contributed by atoms with Crippen molar-refractivity contribution in [3.63, 3.8) is 0 Å². The zero-order valence-corrected chi connectivity index (χ0v) is 21.4. The number of aryl methyl sites for hydroxylation is 2. The van der Waals surface area contributed by atoms with Gasteiger partial charge >= 0.3 is 0 Å². The van der Waals surface area contributed by atoms with E-state index in [0.29, 0.717) is 12.5 Å². The highest BCUT2D eigenvalue weighted by molar-refractivity contribution is 7.36. The number of H-pyrrole nitrogens is 1. The number of rotatable bonds is 5. The molecule has 0 saturated carbocycles. The van der Waals surface area contributed by atoms with Crippen molar-refractivity contribution in [2.45, 2.75) is 46.3 Å². The summed E-state index contributed by atoms with van der Waals surface area (Å²) in [5.41, 5.74) is 7.33. The van der Waals surface area contributed by atoms with Gasteiger partial charge < -0.3 is 14.6 Å². The van der Waals surface area contributed by atoms with Crippen molar-refractivity contribution in [3.8, 4) is 16.9 Å². The minimum absolute atomic E-state index is 0.346. The molecule has 0 aliphatic carbocycles. The van der Waals surface area contributed by atoms with E-state index in [-0.39, 0.29) is 0 Å². The maximum absolute atomic E-state index is 6.16. The van der Waals surface area contributed by atoms with Crippen LogP contribution >= 0.6 is 8.58 Å². The molecule has 4 heterocycles. The topological polar surface area (TPSA) is 79.8 Å². The average Bonchev–Trinajstić information content (AvgIpc) is 3.04. The van der Waals surface area contributed by atoms with Gasteiger partial charge in [-0.25, -0.2) is 19.9 Å². The van der Waals surface area contributed by atoms with Crippen LogP contribution in [0.15, 0.2) is 30.5 Å². The summed E-state index contributed by atoms with van der Waals surface area (Å²) in [6.07, 6.45) is 2.81. The molecule has 0 saturated heterocycles. The molecular formula is C26H31N6OP. The standard InChI is InChI=1S/C26H31N6OP/c1-15(2)24-16(3)28-23(14-34-5)31-26(24)32-8-9-33-22-7-6-18(10-20(22)13-32)19-11-21-25(27-12-19)30-17(4)29-21/h6-7,10-12,15,34H,8-9,13-14H2,1-5H3,(H,27,29,30). The smallest absolute Gasteiger partial charge is 0.177 e. The lowest BCUT2D eigenvalue weighted by Gasteiger charge is -2.26. The molecule has 1 N–H and O–H groups in total. The number of hydrogen-bond donors (Lipinski definition) is 1. The Bertz CT molecular complexity index is 1350. The Balaban J connectivity index is 1.53. The van der Waals surface area contributed by atoms with Crippen molar-refractivity contribution in [2.75, 3.05) is 24.7 Å². The monoisotopic (exact) mass is 474 g/mol. The number of fused-ring (bicyclic) bond motifs is 2. The fourth-order valence-electron chi connectivity index (χ4n) is 4.71. The average molecular weight is 475 g/mol. The third-order valence-electron chi connectivity index (χ3n) is 6.20. The second-order valence-electron chi connectivity index (χ2n) is 9.16. The molecule has 1 aliphatic heterocycles. The first-order valence-corrected chi connectivity index (χ1v) is 13.5. The second-order valence-corrected chi connectivity index (χ2v) is 10.2. The van der Waals surface area contributed by atoms with Gasteiger partial charge in [-0.15, -0.1) is 8.58 Å². The van der Waals surface area contributed by atoms with Crippen molar-refractivity contribution >= 4 is 25.6 Å². The van der Waals surface area contributed by atoms with Crippen molar-refractivity contribution in [1.82, 2.24) is 24.9 Å². The Morgan fingerprint density at radius 1 is 1.12 bits per heavy atom. The molecule has 0 spiro atoms. The van der Waals surface area contributed by atoms with Gasteiger partial charge in [0, 0.05) is 41.3 Å². The van der Waals surface area contributed by atoms with Crippen LogP contribution in [-0.4, -0.2) is 44.7 Å². The Hall–Kier alpha value is -3.05. The van der Waals surface area contributed by atoms with Gasteiger partial charge in [0.15, 0.2) is 5.65 Å². The predicted octanol–water partition coefficient (Wildman–Crippen LogP) is 5.36. The molecule has 8 heteroatoms. The highest BCUT2D eigenvalue weighted by Gasteiger charge is 2.23. The fraction of sp³-hybridized carbons (Fsp3) is 0.385. The fourth-order valence-corrected chi connectivity index (χ4v) is 5.18. The van der Waals surface area contributed by atoms with Crippen molar-refractivity contribution in [1.29, 1.82) is 0 Å². The van der Waals surface area contributed by atoms with E-state index in [1.807, 2.05) is 13.1 Å². The summed E-state index contributed by atoms with van der Waals surface area (Å²) in [7, 11) is 0.793. The molecule has 0 radical (unpaired) electrons. The number of nitrogens with zero attached hydrogens (tertiary/aromatic N) is 5. The van der Waals surface area contributed by atoms with Crippen LogP contribution in [0.1, 0.15) is 48.2 Å². The molecule has 0 amide bonds. The zero-order valence-electron chi connectivity index (χ0n) is 20.4. The molecule has 0 fully saturated rings. The lowest BCUT2D eigenvalue weighted by Crippen LogP contribution is -2.28. The first kappa shape index (κ1) is 22.7. The van der Waals surface area contributed by atoms with Crippen molar-refractivity contribution in [2.24, 2.45) is 0 Å². The van der Waals surface area contributed by atoms with Gasteiger partial charge in [0.25, 0.3) is 0 Å². The van der Waals surface area contributed by atoms with E-state index >= 15 is 0 Å². The first-order chi connectivity index (χ1) is 16.4. The highest BCUT2D eigenvalue weighted by atomic mass is 31.1. The summed E-state index contributed by atoms with van der Waals surface area (Å²) in [5, 5.41) is 0. The van der Waals surface area contributed by atoms with Gasteiger partial charge in [-0.2, -0.15) is 0 Å². The molecule has 1 aromatic carbocycles. The van der Waals surface area contributed by atoms with E-state index in [1.54, 1.807) is 0 Å². The molecular weight excluding hydrogens is 443 g/mol. The summed E-state index contributed by atoms with van der Waals surface area (Å²) in [4.78, 5) is 24.5. The van der Waals surface area contributed by atoms with Crippen LogP contribution in [0.25, 0.3) is 22.3 Å². The van der Waals surface area contributed by atoms with E-state index in [9.17, 15) is 0 Å². The molecule has 0 bridgehead atoms. The largest absolute Gasteiger partial charge is 0.491 e. The summed E-state index contributed by atoms with van der Waals surface area (Å²) in [6, 6.07) is 8.52. The number of aromatic amines is 1. The van der Waals surface area contributed by atoms with Gasteiger partial charge in [-0.05, 0) is 50.2 Å². The summed E-state index contributed by atoms with van der Waals surface area (Å²) < 4.78 is 6.16. The van der Waals surface area contributed by atoms with E-state index in [4.69, 9.17) is 14.7 Å². The van der Waals surface area contributed by atoms with Gasteiger partial charge in [-0.1, -0.05) is 19.9 Å². The minimum atomic E-state index is 0.346. The maximum atomic E-state index is 6.16. The lowest BCUT2D eigenvalue weighted by molar-refractivity contribution is 0.331. The Kier molecular flexibility index (Phi) is 6.22. The second kappa shape index (κ2) is 9.30. The summed E-state index contributed by atoms with van der Waals surface area (Å²) in [6.45, 7) is 12.9. The van der Waals surface area contributed by atoms with Crippen molar-refractivity contribution < 1.29 is 4.74 Å². The Morgan fingerprint density at radius 3 is 2.76 bits per heavy atom. The van der Waals surface area contributed by atoms with Crippen LogP contribution in [0.2, 0.25) is 0 Å². The molecule has 3 aromatic heterocycles. The molecule has 34 heavy (non-hydrogen) atoms. The quantitative estimate of drug-likeness (QED) is 0.392. The van der Waals surface area contributed by atoms with Gasteiger partial charge in [-0.3, -0.25) is 0 Å². The van der Waals surface area contributed by atoms with E-state index in [1.165, 1.54) is 5.56 Å². The Morgan fingerprint density at radius 2 is 1.97 bits per heavy atom. The normalized spacial score (nSPS) is 14.1. The van der Waals surface area contributed by atoms with Crippen LogP contribution in [0.3, 0.4) is 0 Å². The van der Waals surface area contributed by atoms with Crippen LogP contribution in [-0.2, 0) is 12.7 Å². The molecule has 176 valence electrons. The number of anilines is 1. The van der Waals surface area contributed by atoms with E-state index in [2.05, 4.69) is 71.6 Å². The molecule has 1 aliphatic rings.